The number of fused-ring (bicyclic) bond motifs is 1. The first kappa shape index (κ1) is 12.3. The molecule has 0 radical (unpaired) electrons. The molecule has 0 amide bonds. The molecule has 0 aliphatic carbocycles. The monoisotopic (exact) mass is 248 g/mol. The van der Waals surface area contributed by atoms with E-state index >= 15 is 0 Å². The number of nitrogens with one attached hydrogen (secondary N) is 2. The predicted octanol–water partition coefficient (Wildman–Crippen LogP) is 1.08. The minimum absolute atomic E-state index is 0. The number of sulfonamides is 1. The Bertz CT molecular complexity index is 459. The maximum atomic E-state index is 11.1. The van der Waals surface area contributed by atoms with Crippen molar-refractivity contribution in [2.75, 3.05) is 11.0 Å². The fourth-order valence-corrected chi connectivity index (χ4v) is 2.22. The van der Waals surface area contributed by atoms with Crippen molar-refractivity contribution in [2.45, 2.75) is 13.1 Å². The minimum Gasteiger partial charge on any atom is -0.309 e. The minimum atomic E-state index is -3.18. The van der Waals surface area contributed by atoms with Gasteiger partial charge in [0.05, 0.1) is 11.9 Å². The molecule has 0 atom stereocenters. The molecule has 1 heterocycles. The molecular formula is C9H13ClN2O2S. The summed E-state index contributed by atoms with van der Waals surface area (Å²) in [6.45, 7) is 1.54. The average molecular weight is 249 g/mol. The lowest BCUT2D eigenvalue weighted by molar-refractivity contribution is 0.606. The van der Waals surface area contributed by atoms with Crippen molar-refractivity contribution in [3.8, 4) is 0 Å². The molecule has 1 aliphatic rings. The number of hydrogen-bond acceptors (Lipinski definition) is 3. The van der Waals surface area contributed by atoms with Crippen LogP contribution in [0.1, 0.15) is 11.1 Å². The second kappa shape index (κ2) is 4.38. The quantitative estimate of drug-likeness (QED) is 0.824. The molecule has 4 nitrogen and oxygen atoms in total. The summed E-state index contributed by atoms with van der Waals surface area (Å²) in [5.41, 5.74) is 2.91. The number of halogens is 1. The van der Waals surface area contributed by atoms with Gasteiger partial charge in [0.1, 0.15) is 0 Å². The Morgan fingerprint density at radius 1 is 1.33 bits per heavy atom. The van der Waals surface area contributed by atoms with Crippen molar-refractivity contribution in [1.29, 1.82) is 0 Å². The fraction of sp³-hybridized carbons (Fsp3) is 0.333. The first-order chi connectivity index (χ1) is 6.56. The van der Waals surface area contributed by atoms with E-state index in [1.54, 1.807) is 6.07 Å². The van der Waals surface area contributed by atoms with Crippen LogP contribution in [0.4, 0.5) is 5.69 Å². The summed E-state index contributed by atoms with van der Waals surface area (Å²) in [5.74, 6) is 0. The molecule has 0 fully saturated rings. The summed E-state index contributed by atoms with van der Waals surface area (Å²) in [5, 5.41) is 3.18. The van der Waals surface area contributed by atoms with E-state index in [1.165, 1.54) is 5.56 Å². The molecule has 0 saturated carbocycles. The van der Waals surface area contributed by atoms with Gasteiger partial charge in [0.25, 0.3) is 0 Å². The summed E-state index contributed by atoms with van der Waals surface area (Å²) in [7, 11) is -3.18. The summed E-state index contributed by atoms with van der Waals surface area (Å²) in [6.07, 6.45) is 1.16. The van der Waals surface area contributed by atoms with E-state index in [0.29, 0.717) is 5.69 Å². The zero-order chi connectivity index (χ0) is 10.2. The Morgan fingerprint density at radius 3 is 2.73 bits per heavy atom. The van der Waals surface area contributed by atoms with E-state index in [0.717, 1.165) is 24.9 Å². The number of hydrogen-bond donors (Lipinski definition) is 2. The van der Waals surface area contributed by atoms with Crippen molar-refractivity contribution in [1.82, 2.24) is 5.32 Å². The van der Waals surface area contributed by atoms with Crippen LogP contribution in [-0.4, -0.2) is 14.7 Å². The topological polar surface area (TPSA) is 58.2 Å². The summed E-state index contributed by atoms with van der Waals surface area (Å²) >= 11 is 0. The summed E-state index contributed by atoms with van der Waals surface area (Å²) < 4.78 is 24.7. The van der Waals surface area contributed by atoms with Gasteiger partial charge < -0.3 is 5.32 Å². The van der Waals surface area contributed by atoms with Gasteiger partial charge >= 0.3 is 0 Å². The highest BCUT2D eigenvalue weighted by Gasteiger charge is 2.15. The maximum absolute atomic E-state index is 11.1. The van der Waals surface area contributed by atoms with Crippen molar-refractivity contribution in [2.24, 2.45) is 0 Å². The standard InChI is InChI=1S/C9H12N2O2S.ClH/c1-14(12,13)11-9-4-2-3-7-5-10-6-8(7)9;/h2-4,10-11H,5-6H2,1H3;1H. The molecule has 0 aromatic heterocycles. The molecule has 0 saturated heterocycles. The van der Waals surface area contributed by atoms with Gasteiger partial charge in [0, 0.05) is 13.1 Å². The average Bonchev–Trinajstić information content (AvgIpc) is 2.49. The molecule has 0 unspecified atom stereocenters. The zero-order valence-electron chi connectivity index (χ0n) is 8.28. The van der Waals surface area contributed by atoms with E-state index in [1.807, 2.05) is 12.1 Å². The van der Waals surface area contributed by atoms with E-state index < -0.39 is 10.0 Å². The number of anilines is 1. The second-order valence-electron chi connectivity index (χ2n) is 3.42. The molecule has 0 spiro atoms. The molecule has 15 heavy (non-hydrogen) atoms. The predicted molar refractivity (Wildman–Crippen MR) is 62.7 cm³/mol. The molecule has 2 N–H and O–H groups in total. The molecule has 6 heteroatoms. The van der Waals surface area contributed by atoms with Gasteiger partial charge in [-0.25, -0.2) is 8.42 Å². The van der Waals surface area contributed by atoms with E-state index in [9.17, 15) is 8.42 Å². The van der Waals surface area contributed by atoms with Crippen LogP contribution in [0.3, 0.4) is 0 Å². The van der Waals surface area contributed by atoms with Gasteiger partial charge in [-0.2, -0.15) is 0 Å². The highest BCUT2D eigenvalue weighted by Crippen LogP contribution is 2.24. The van der Waals surface area contributed by atoms with Gasteiger partial charge in [-0.05, 0) is 17.2 Å². The summed E-state index contributed by atoms with van der Waals surface area (Å²) in [4.78, 5) is 0. The normalized spacial score (nSPS) is 14.2. The summed E-state index contributed by atoms with van der Waals surface area (Å²) in [6, 6.07) is 5.65. The third-order valence-corrected chi connectivity index (χ3v) is 2.78. The van der Waals surface area contributed by atoms with Crippen LogP contribution >= 0.6 is 12.4 Å². The van der Waals surface area contributed by atoms with Crippen LogP contribution in [0.5, 0.6) is 0 Å². The second-order valence-corrected chi connectivity index (χ2v) is 5.17. The lowest BCUT2D eigenvalue weighted by Crippen LogP contribution is -2.11. The van der Waals surface area contributed by atoms with Crippen LogP contribution in [-0.2, 0) is 23.1 Å². The maximum Gasteiger partial charge on any atom is 0.229 e. The van der Waals surface area contributed by atoms with Gasteiger partial charge in [0.2, 0.25) is 10.0 Å². The van der Waals surface area contributed by atoms with E-state index in [2.05, 4.69) is 10.0 Å². The van der Waals surface area contributed by atoms with E-state index in [4.69, 9.17) is 0 Å². The first-order valence-electron chi connectivity index (χ1n) is 4.35. The van der Waals surface area contributed by atoms with Crippen molar-refractivity contribution < 1.29 is 8.42 Å². The molecule has 1 aliphatic heterocycles. The van der Waals surface area contributed by atoms with Crippen LogP contribution in [0.2, 0.25) is 0 Å². The van der Waals surface area contributed by atoms with Crippen molar-refractivity contribution in [3.05, 3.63) is 29.3 Å². The smallest absolute Gasteiger partial charge is 0.229 e. The molecule has 84 valence electrons. The highest BCUT2D eigenvalue weighted by molar-refractivity contribution is 7.92. The van der Waals surface area contributed by atoms with Gasteiger partial charge in [-0.1, -0.05) is 12.1 Å². The van der Waals surface area contributed by atoms with Crippen LogP contribution < -0.4 is 10.0 Å². The third-order valence-electron chi connectivity index (χ3n) is 2.19. The lowest BCUT2D eigenvalue weighted by Gasteiger charge is -2.08. The van der Waals surface area contributed by atoms with E-state index in [-0.39, 0.29) is 12.4 Å². The molecule has 1 aromatic carbocycles. The van der Waals surface area contributed by atoms with Crippen molar-refractivity contribution >= 4 is 28.1 Å². The largest absolute Gasteiger partial charge is 0.309 e. The van der Waals surface area contributed by atoms with Crippen LogP contribution in [0.15, 0.2) is 18.2 Å². The Morgan fingerprint density at radius 2 is 2.07 bits per heavy atom. The Balaban J connectivity index is 0.00000112. The van der Waals surface area contributed by atoms with Gasteiger partial charge in [-0.15, -0.1) is 12.4 Å². The van der Waals surface area contributed by atoms with Crippen molar-refractivity contribution in [3.63, 3.8) is 0 Å². The third kappa shape index (κ3) is 2.84. The Kier molecular flexibility index (Phi) is 3.59. The van der Waals surface area contributed by atoms with Crippen LogP contribution in [0, 0.1) is 0 Å². The van der Waals surface area contributed by atoms with Crippen LogP contribution in [0.25, 0.3) is 0 Å². The lowest BCUT2D eigenvalue weighted by atomic mass is 10.1. The fourth-order valence-electron chi connectivity index (χ4n) is 1.63. The molecule has 2 rings (SSSR count). The molecular weight excluding hydrogens is 236 g/mol. The van der Waals surface area contributed by atoms with Gasteiger partial charge in [0.15, 0.2) is 0 Å². The molecule has 0 bridgehead atoms. The first-order valence-corrected chi connectivity index (χ1v) is 6.25. The highest BCUT2D eigenvalue weighted by atomic mass is 35.5. The zero-order valence-corrected chi connectivity index (χ0v) is 9.91. The SMILES string of the molecule is CS(=O)(=O)Nc1cccc2c1CNC2.Cl. The number of benzene rings is 1. The Hall–Kier alpha value is -0.780. The number of rotatable bonds is 2. The molecule has 1 aromatic rings. The Labute approximate surface area is 95.5 Å². The van der Waals surface area contributed by atoms with Gasteiger partial charge in [-0.3, -0.25) is 4.72 Å².